The molecule has 0 bridgehead atoms. The van der Waals surface area contributed by atoms with Crippen LogP contribution in [0.15, 0.2) is 48.5 Å². The number of carboxylic acid groups (broad SMARTS) is 1. The van der Waals surface area contributed by atoms with Crippen LogP contribution in [0.25, 0.3) is 11.1 Å². The van der Waals surface area contributed by atoms with Crippen LogP contribution in [-0.4, -0.2) is 57.3 Å². The van der Waals surface area contributed by atoms with Crippen molar-refractivity contribution in [3.05, 3.63) is 59.7 Å². The van der Waals surface area contributed by atoms with Gasteiger partial charge in [-0.3, -0.25) is 4.79 Å². The van der Waals surface area contributed by atoms with E-state index in [4.69, 9.17) is 4.74 Å². The lowest BCUT2D eigenvalue weighted by Gasteiger charge is -2.36. The molecule has 2 amide bonds. The molecule has 1 saturated carbocycles. The molecule has 0 radical (unpaired) electrons. The van der Waals surface area contributed by atoms with E-state index in [0.29, 0.717) is 18.6 Å². The zero-order valence-electron chi connectivity index (χ0n) is 19.0. The fourth-order valence-corrected chi connectivity index (χ4v) is 6.76. The van der Waals surface area contributed by atoms with Crippen LogP contribution in [0.3, 0.4) is 0 Å². The number of fused-ring (bicyclic) bond motifs is 3. The van der Waals surface area contributed by atoms with E-state index in [1.165, 1.54) is 16.7 Å². The summed E-state index contributed by atoms with van der Waals surface area (Å²) in [6.45, 7) is 2.00. The molecule has 5 rings (SSSR count). The van der Waals surface area contributed by atoms with Crippen molar-refractivity contribution < 1.29 is 24.2 Å². The standard InChI is InChI=1S/C26H28N2O5S/c1-16-28(22(15-34-16)23(29)30)24(31)26(12-6-7-13-26)27-25(32)33-14-21-19-10-4-2-8-17(19)18-9-3-5-11-20(18)21/h2-5,8-11,16,21-22H,6-7,12-15H2,1H3,(H,27,32)(H,29,30). The highest BCUT2D eigenvalue weighted by molar-refractivity contribution is 8.00. The Morgan fingerprint density at radius 3 is 2.24 bits per heavy atom. The van der Waals surface area contributed by atoms with Gasteiger partial charge in [-0.2, -0.15) is 0 Å². The predicted molar refractivity (Wildman–Crippen MR) is 130 cm³/mol. The number of nitrogens with one attached hydrogen (secondary N) is 1. The van der Waals surface area contributed by atoms with Crippen LogP contribution in [0, 0.1) is 0 Å². The van der Waals surface area contributed by atoms with Crippen molar-refractivity contribution in [3.63, 3.8) is 0 Å². The minimum Gasteiger partial charge on any atom is -0.480 e. The summed E-state index contributed by atoms with van der Waals surface area (Å²) in [5.74, 6) is -1.05. The highest BCUT2D eigenvalue weighted by atomic mass is 32.2. The molecule has 1 aliphatic heterocycles. The predicted octanol–water partition coefficient (Wildman–Crippen LogP) is 4.21. The van der Waals surface area contributed by atoms with Gasteiger partial charge in [0.2, 0.25) is 5.91 Å². The molecule has 2 aliphatic carbocycles. The summed E-state index contributed by atoms with van der Waals surface area (Å²) in [5, 5.41) is 12.2. The molecule has 2 N–H and O–H groups in total. The smallest absolute Gasteiger partial charge is 0.408 e. The van der Waals surface area contributed by atoms with Gasteiger partial charge in [0.15, 0.2) is 0 Å². The Balaban J connectivity index is 1.32. The zero-order valence-corrected chi connectivity index (χ0v) is 19.8. The number of carboxylic acids is 1. The van der Waals surface area contributed by atoms with Crippen molar-refractivity contribution in [2.75, 3.05) is 12.4 Å². The molecule has 178 valence electrons. The summed E-state index contributed by atoms with van der Waals surface area (Å²) < 4.78 is 5.70. The normalized spacial score (nSPS) is 22.8. The number of nitrogens with zero attached hydrogens (tertiary/aromatic N) is 1. The molecule has 2 fully saturated rings. The van der Waals surface area contributed by atoms with E-state index in [0.717, 1.165) is 35.1 Å². The zero-order chi connectivity index (χ0) is 23.9. The van der Waals surface area contributed by atoms with Crippen LogP contribution >= 0.6 is 11.8 Å². The van der Waals surface area contributed by atoms with Crippen molar-refractivity contribution in [2.24, 2.45) is 0 Å². The van der Waals surface area contributed by atoms with E-state index in [1.54, 1.807) is 0 Å². The minimum absolute atomic E-state index is 0.0697. The van der Waals surface area contributed by atoms with Gasteiger partial charge >= 0.3 is 12.1 Å². The quantitative estimate of drug-likeness (QED) is 0.666. The number of carbonyl (C=O) groups excluding carboxylic acids is 2. The largest absolute Gasteiger partial charge is 0.480 e. The fraction of sp³-hybridized carbons (Fsp3) is 0.423. The lowest BCUT2D eigenvalue weighted by Crippen LogP contribution is -2.61. The first-order valence-corrected chi connectivity index (χ1v) is 12.8. The number of ether oxygens (including phenoxy) is 1. The lowest BCUT2D eigenvalue weighted by atomic mass is 9.94. The van der Waals surface area contributed by atoms with Crippen LogP contribution in [0.4, 0.5) is 4.79 Å². The third kappa shape index (κ3) is 3.83. The fourth-order valence-electron chi connectivity index (χ4n) is 5.59. The second-order valence-electron chi connectivity index (χ2n) is 9.24. The average Bonchev–Trinajstić information content (AvgIpc) is 3.54. The van der Waals surface area contributed by atoms with Crippen molar-refractivity contribution in [1.29, 1.82) is 0 Å². The molecule has 7 nitrogen and oxygen atoms in total. The molecule has 8 heteroatoms. The monoisotopic (exact) mass is 480 g/mol. The minimum atomic E-state index is -1.12. The topological polar surface area (TPSA) is 95.9 Å². The van der Waals surface area contributed by atoms with Crippen LogP contribution in [-0.2, 0) is 14.3 Å². The van der Waals surface area contributed by atoms with Gasteiger partial charge in [-0.15, -0.1) is 11.8 Å². The van der Waals surface area contributed by atoms with Crippen molar-refractivity contribution >= 4 is 29.7 Å². The van der Waals surface area contributed by atoms with Gasteiger partial charge in [-0.25, -0.2) is 9.59 Å². The maximum absolute atomic E-state index is 13.6. The number of alkyl carbamates (subject to hydrolysis) is 1. The SMILES string of the molecule is CC1SCC(C(=O)O)N1C(=O)C1(NC(=O)OCC2c3ccccc3-c3ccccc32)CCCC1. The summed E-state index contributed by atoms with van der Waals surface area (Å²) >= 11 is 1.44. The van der Waals surface area contributed by atoms with E-state index < -0.39 is 23.6 Å². The highest BCUT2D eigenvalue weighted by Gasteiger charge is 2.51. The van der Waals surface area contributed by atoms with Crippen LogP contribution in [0.2, 0.25) is 0 Å². The number of thioether (sulfide) groups is 1. The number of benzene rings is 2. The Kier molecular flexibility index (Phi) is 6.02. The second-order valence-corrected chi connectivity index (χ2v) is 10.6. The molecule has 2 atom stereocenters. The molecule has 3 aliphatic rings. The Bertz CT molecular complexity index is 1080. The van der Waals surface area contributed by atoms with Crippen LogP contribution in [0.1, 0.15) is 49.7 Å². The maximum atomic E-state index is 13.6. The van der Waals surface area contributed by atoms with Crippen molar-refractivity contribution in [3.8, 4) is 11.1 Å². The average molecular weight is 481 g/mol. The van der Waals surface area contributed by atoms with Crippen LogP contribution < -0.4 is 5.32 Å². The van der Waals surface area contributed by atoms with Gasteiger partial charge in [-0.1, -0.05) is 61.4 Å². The van der Waals surface area contributed by atoms with Gasteiger partial charge in [0, 0.05) is 11.7 Å². The molecule has 0 spiro atoms. The highest BCUT2D eigenvalue weighted by Crippen LogP contribution is 2.44. The first-order valence-electron chi connectivity index (χ1n) is 11.7. The number of aliphatic carboxylic acids is 1. The number of hydrogen-bond acceptors (Lipinski definition) is 5. The molecular weight excluding hydrogens is 452 g/mol. The molecule has 2 unspecified atom stereocenters. The van der Waals surface area contributed by atoms with E-state index >= 15 is 0 Å². The summed E-state index contributed by atoms with van der Waals surface area (Å²) in [6, 6.07) is 15.4. The van der Waals surface area contributed by atoms with Gasteiger partial charge in [0.1, 0.15) is 18.2 Å². The van der Waals surface area contributed by atoms with E-state index in [2.05, 4.69) is 29.6 Å². The van der Waals surface area contributed by atoms with Gasteiger partial charge < -0.3 is 20.1 Å². The Labute approximate surface area is 202 Å². The molecular formula is C26H28N2O5S. The summed E-state index contributed by atoms with van der Waals surface area (Å²) in [5.41, 5.74) is 3.42. The number of rotatable bonds is 5. The number of amides is 2. The van der Waals surface area contributed by atoms with E-state index in [9.17, 15) is 19.5 Å². The first-order chi connectivity index (χ1) is 16.4. The maximum Gasteiger partial charge on any atom is 0.408 e. The molecule has 1 heterocycles. The molecule has 34 heavy (non-hydrogen) atoms. The number of carbonyl (C=O) groups is 3. The van der Waals surface area contributed by atoms with Gasteiger partial charge in [0.25, 0.3) is 0 Å². The Morgan fingerprint density at radius 2 is 1.65 bits per heavy atom. The first kappa shape index (κ1) is 22.8. The molecule has 0 aromatic heterocycles. The summed E-state index contributed by atoms with van der Waals surface area (Å²) in [6.07, 6.45) is 1.92. The Morgan fingerprint density at radius 1 is 1.06 bits per heavy atom. The summed E-state index contributed by atoms with van der Waals surface area (Å²) in [7, 11) is 0. The summed E-state index contributed by atoms with van der Waals surface area (Å²) in [4.78, 5) is 39.7. The van der Waals surface area contributed by atoms with Crippen molar-refractivity contribution in [1.82, 2.24) is 10.2 Å². The van der Waals surface area contributed by atoms with E-state index in [-0.39, 0.29) is 23.8 Å². The van der Waals surface area contributed by atoms with E-state index in [1.807, 2.05) is 31.2 Å². The van der Waals surface area contributed by atoms with Gasteiger partial charge in [-0.05, 0) is 42.0 Å². The Hall–Kier alpha value is -3.00. The lowest BCUT2D eigenvalue weighted by molar-refractivity contribution is -0.151. The number of hydrogen-bond donors (Lipinski definition) is 2. The third-order valence-corrected chi connectivity index (χ3v) is 8.51. The third-order valence-electron chi connectivity index (χ3n) is 7.29. The van der Waals surface area contributed by atoms with Gasteiger partial charge in [0.05, 0.1) is 5.37 Å². The second kappa shape index (κ2) is 8.98. The molecule has 2 aromatic carbocycles. The van der Waals surface area contributed by atoms with Crippen LogP contribution in [0.5, 0.6) is 0 Å². The van der Waals surface area contributed by atoms with Crippen molar-refractivity contribution in [2.45, 2.75) is 55.5 Å². The molecule has 1 saturated heterocycles. The molecule has 2 aromatic rings.